The van der Waals surface area contributed by atoms with Gasteiger partial charge in [0.2, 0.25) is 0 Å². The molecule has 0 saturated heterocycles. The van der Waals surface area contributed by atoms with E-state index in [1.807, 2.05) is 0 Å². The average molecular weight is 243 g/mol. The molecular weight excluding hydrogens is 240 g/mol. The van der Waals surface area contributed by atoms with Crippen molar-refractivity contribution in [3.05, 3.63) is 22.7 Å². The van der Waals surface area contributed by atoms with E-state index in [9.17, 15) is 4.79 Å². The Kier molecular flexibility index (Phi) is 1.73. The van der Waals surface area contributed by atoms with E-state index < -0.39 is 5.97 Å². The molecule has 2 aromatic rings. The Morgan fingerprint density at radius 3 is 3.00 bits per heavy atom. The lowest BCUT2D eigenvalue weighted by Crippen LogP contribution is -2.04. The Hall–Kier alpha value is -1.50. The van der Waals surface area contributed by atoms with Crippen molar-refractivity contribution in [2.45, 2.75) is 0 Å². The molecule has 2 aromatic heterocycles. The molecule has 0 aliphatic heterocycles. The van der Waals surface area contributed by atoms with E-state index in [0.717, 1.165) is 0 Å². The molecule has 0 radical (unpaired) electrons. The highest BCUT2D eigenvalue weighted by Crippen LogP contribution is 2.09. The van der Waals surface area contributed by atoms with E-state index in [2.05, 4.69) is 31.0 Å². The molecule has 0 aliphatic carbocycles. The zero-order chi connectivity index (χ0) is 9.42. The second kappa shape index (κ2) is 2.77. The van der Waals surface area contributed by atoms with Crippen molar-refractivity contribution in [1.29, 1.82) is 0 Å². The predicted octanol–water partition coefficient (Wildman–Crippen LogP) is 0.585. The van der Waals surface area contributed by atoms with E-state index in [0.29, 0.717) is 4.60 Å². The minimum absolute atomic E-state index is 0.120. The third kappa shape index (κ3) is 1.26. The van der Waals surface area contributed by atoms with E-state index in [1.165, 1.54) is 16.9 Å². The number of aromatic carboxylic acids is 1. The molecule has 7 heteroatoms. The van der Waals surface area contributed by atoms with Crippen LogP contribution in [0.1, 0.15) is 10.5 Å². The zero-order valence-electron chi connectivity index (χ0n) is 6.18. The van der Waals surface area contributed by atoms with Crippen LogP contribution in [-0.2, 0) is 0 Å². The average Bonchev–Trinajstić information content (AvgIpc) is 2.47. The second-order valence-electron chi connectivity index (χ2n) is 2.24. The van der Waals surface area contributed by atoms with Crippen molar-refractivity contribution in [2.24, 2.45) is 0 Å². The number of hydrogen-bond donors (Lipinski definition) is 1. The summed E-state index contributed by atoms with van der Waals surface area (Å²) in [6.45, 7) is 0. The zero-order valence-corrected chi connectivity index (χ0v) is 7.76. The van der Waals surface area contributed by atoms with Gasteiger partial charge in [-0.1, -0.05) is 0 Å². The van der Waals surface area contributed by atoms with Crippen molar-refractivity contribution >= 4 is 27.7 Å². The first kappa shape index (κ1) is 8.11. The number of carbonyl (C=O) groups is 1. The van der Waals surface area contributed by atoms with Crippen LogP contribution in [0.4, 0.5) is 0 Å². The van der Waals surface area contributed by atoms with Crippen molar-refractivity contribution in [2.75, 3.05) is 0 Å². The van der Waals surface area contributed by atoms with Crippen LogP contribution in [0.5, 0.6) is 0 Å². The molecule has 2 rings (SSSR count). The number of aromatic nitrogens is 4. The maximum absolute atomic E-state index is 10.5. The molecule has 1 N–H and O–H groups in total. The molecule has 2 heterocycles. The first-order valence-electron chi connectivity index (χ1n) is 3.28. The smallest absolute Gasteiger partial charge is 0.356 e. The highest BCUT2D eigenvalue weighted by atomic mass is 79.9. The summed E-state index contributed by atoms with van der Waals surface area (Å²) in [5.41, 5.74) is -0.120. The third-order valence-electron chi connectivity index (χ3n) is 1.41. The Labute approximate surface area is 80.4 Å². The van der Waals surface area contributed by atoms with Crippen LogP contribution < -0.4 is 0 Å². The van der Waals surface area contributed by atoms with E-state index in [1.54, 1.807) is 0 Å². The normalized spacial score (nSPS) is 10.5. The van der Waals surface area contributed by atoms with E-state index in [4.69, 9.17) is 5.11 Å². The lowest BCUT2D eigenvalue weighted by molar-refractivity contribution is 0.0690. The number of carboxylic acid groups (broad SMARTS) is 1. The van der Waals surface area contributed by atoms with Crippen LogP contribution in [-0.4, -0.2) is 30.7 Å². The van der Waals surface area contributed by atoms with Gasteiger partial charge in [0.15, 0.2) is 5.69 Å². The fourth-order valence-electron chi connectivity index (χ4n) is 0.851. The quantitative estimate of drug-likeness (QED) is 0.792. The van der Waals surface area contributed by atoms with Gasteiger partial charge in [-0.3, -0.25) is 0 Å². The standard InChI is InChI=1S/C6H3BrN4O2/c7-4-2-8-6-10-3(5(12)13)1-9-11(4)6/h1-2H,(H,12,13). The number of imidazole rings is 1. The molecule has 0 unspecified atom stereocenters. The van der Waals surface area contributed by atoms with Crippen LogP contribution in [0.2, 0.25) is 0 Å². The molecule has 6 nitrogen and oxygen atoms in total. The van der Waals surface area contributed by atoms with Gasteiger partial charge >= 0.3 is 5.97 Å². The van der Waals surface area contributed by atoms with Gasteiger partial charge in [0.1, 0.15) is 4.60 Å². The van der Waals surface area contributed by atoms with Gasteiger partial charge in [-0.2, -0.15) is 9.61 Å². The summed E-state index contributed by atoms with van der Waals surface area (Å²) < 4.78 is 2.03. The first-order chi connectivity index (χ1) is 6.18. The van der Waals surface area contributed by atoms with Gasteiger partial charge in [-0.05, 0) is 15.9 Å². The van der Waals surface area contributed by atoms with Crippen molar-refractivity contribution < 1.29 is 9.90 Å². The number of hydrogen-bond acceptors (Lipinski definition) is 4. The van der Waals surface area contributed by atoms with E-state index >= 15 is 0 Å². The number of fused-ring (bicyclic) bond motifs is 1. The second-order valence-corrected chi connectivity index (χ2v) is 3.05. The Balaban J connectivity index is 2.70. The van der Waals surface area contributed by atoms with Gasteiger partial charge in [-0.25, -0.2) is 14.8 Å². The Morgan fingerprint density at radius 2 is 2.31 bits per heavy atom. The number of rotatable bonds is 1. The van der Waals surface area contributed by atoms with Gasteiger partial charge in [0.25, 0.3) is 5.78 Å². The summed E-state index contributed by atoms with van der Waals surface area (Å²) in [5.74, 6) is -0.860. The lowest BCUT2D eigenvalue weighted by atomic mass is 10.5. The molecule has 0 bridgehead atoms. The SMILES string of the molecule is O=C(O)c1cnn2c(Br)cnc2n1. The van der Waals surface area contributed by atoms with Gasteiger partial charge in [0.05, 0.1) is 12.4 Å². The maximum atomic E-state index is 10.5. The highest BCUT2D eigenvalue weighted by molar-refractivity contribution is 9.10. The molecule has 66 valence electrons. The first-order valence-corrected chi connectivity index (χ1v) is 4.07. The fraction of sp³-hybridized carbons (Fsp3) is 0. The highest BCUT2D eigenvalue weighted by Gasteiger charge is 2.08. The summed E-state index contributed by atoms with van der Waals surface area (Å²) in [7, 11) is 0. The van der Waals surface area contributed by atoms with Crippen molar-refractivity contribution in [3.8, 4) is 0 Å². The summed E-state index contributed by atoms with van der Waals surface area (Å²) in [6, 6.07) is 0. The molecule has 0 spiro atoms. The van der Waals surface area contributed by atoms with Gasteiger partial charge in [-0.15, -0.1) is 0 Å². The number of carboxylic acids is 1. The van der Waals surface area contributed by atoms with Crippen LogP contribution in [0.15, 0.2) is 17.0 Å². The summed E-state index contributed by atoms with van der Waals surface area (Å²) in [5, 5.41) is 12.4. The fourth-order valence-corrected chi connectivity index (χ4v) is 1.20. The Bertz CT molecular complexity index is 480. The van der Waals surface area contributed by atoms with Crippen molar-refractivity contribution in [1.82, 2.24) is 19.6 Å². The Morgan fingerprint density at radius 1 is 1.54 bits per heavy atom. The maximum Gasteiger partial charge on any atom is 0.356 e. The summed E-state index contributed by atoms with van der Waals surface area (Å²) in [4.78, 5) is 18.1. The molecular formula is C6H3BrN4O2. The largest absolute Gasteiger partial charge is 0.476 e. The molecule has 0 aliphatic rings. The molecule has 0 saturated carbocycles. The van der Waals surface area contributed by atoms with Crippen molar-refractivity contribution in [3.63, 3.8) is 0 Å². The predicted molar refractivity (Wildman–Crippen MR) is 45.4 cm³/mol. The molecule has 0 aromatic carbocycles. The topological polar surface area (TPSA) is 80.4 Å². The molecule has 0 atom stereocenters. The summed E-state index contributed by atoms with van der Waals surface area (Å²) >= 11 is 3.18. The molecule has 0 fully saturated rings. The van der Waals surface area contributed by atoms with Gasteiger partial charge < -0.3 is 5.11 Å². The minimum atomic E-state index is -1.12. The summed E-state index contributed by atoms with van der Waals surface area (Å²) in [6.07, 6.45) is 2.67. The van der Waals surface area contributed by atoms with E-state index in [-0.39, 0.29) is 11.5 Å². The minimum Gasteiger partial charge on any atom is -0.476 e. The number of halogens is 1. The third-order valence-corrected chi connectivity index (χ3v) is 1.95. The van der Waals surface area contributed by atoms with Gasteiger partial charge in [0, 0.05) is 0 Å². The lowest BCUT2D eigenvalue weighted by Gasteiger charge is -1.94. The monoisotopic (exact) mass is 242 g/mol. The van der Waals surface area contributed by atoms with Crippen LogP contribution in [0, 0.1) is 0 Å². The molecule has 0 amide bonds. The molecule has 13 heavy (non-hydrogen) atoms. The number of nitrogens with zero attached hydrogens (tertiary/aromatic N) is 4. The van der Waals surface area contributed by atoms with Crippen LogP contribution in [0.3, 0.4) is 0 Å². The van der Waals surface area contributed by atoms with Crippen LogP contribution >= 0.6 is 15.9 Å². The van der Waals surface area contributed by atoms with Crippen LogP contribution in [0.25, 0.3) is 5.78 Å².